The van der Waals surface area contributed by atoms with Crippen LogP contribution in [0.5, 0.6) is 0 Å². The Morgan fingerprint density at radius 2 is 2.00 bits per heavy atom. The molecule has 4 nitrogen and oxygen atoms in total. The second-order valence-corrected chi connectivity index (χ2v) is 6.13. The highest BCUT2D eigenvalue weighted by atomic mass is 32.2. The molecule has 0 aromatic heterocycles. The summed E-state index contributed by atoms with van der Waals surface area (Å²) in [6, 6.07) is 7.64. The molecule has 3 N–H and O–H groups in total. The summed E-state index contributed by atoms with van der Waals surface area (Å²) in [6.07, 6.45) is 1.58. The van der Waals surface area contributed by atoms with Crippen molar-refractivity contribution in [3.8, 4) is 0 Å². The zero-order valence-electron chi connectivity index (χ0n) is 9.02. The molecule has 5 heteroatoms. The van der Waals surface area contributed by atoms with Crippen LogP contribution in [-0.2, 0) is 23.1 Å². The van der Waals surface area contributed by atoms with Crippen LogP contribution in [0.25, 0.3) is 0 Å². The van der Waals surface area contributed by atoms with Crippen LogP contribution >= 0.6 is 0 Å². The first kappa shape index (κ1) is 11.6. The van der Waals surface area contributed by atoms with E-state index in [9.17, 15) is 8.42 Å². The van der Waals surface area contributed by atoms with Gasteiger partial charge in [0, 0.05) is 13.1 Å². The van der Waals surface area contributed by atoms with E-state index in [2.05, 4.69) is 4.72 Å². The summed E-state index contributed by atoms with van der Waals surface area (Å²) >= 11 is 0. The Balaban J connectivity index is 1.98. The second-order valence-electron chi connectivity index (χ2n) is 4.09. The molecule has 1 aromatic rings. The highest BCUT2D eigenvalue weighted by Gasteiger charge is 2.35. The third-order valence-electron chi connectivity index (χ3n) is 2.67. The predicted octanol–water partition coefficient (Wildman–Crippen LogP) is 0.727. The van der Waals surface area contributed by atoms with Crippen molar-refractivity contribution in [3.63, 3.8) is 0 Å². The first-order valence-electron chi connectivity index (χ1n) is 5.38. The minimum absolute atomic E-state index is 0.162. The van der Waals surface area contributed by atoms with Crippen LogP contribution in [0.2, 0.25) is 0 Å². The van der Waals surface area contributed by atoms with E-state index in [1.165, 1.54) is 0 Å². The quantitative estimate of drug-likeness (QED) is 0.797. The lowest BCUT2D eigenvalue weighted by Gasteiger charge is -2.06. The summed E-state index contributed by atoms with van der Waals surface area (Å²) in [6.45, 7) is 0.829. The number of nitrogens with one attached hydrogen (secondary N) is 1. The van der Waals surface area contributed by atoms with E-state index in [0.29, 0.717) is 13.1 Å². The van der Waals surface area contributed by atoms with Gasteiger partial charge in [-0.15, -0.1) is 0 Å². The lowest BCUT2D eigenvalue weighted by atomic mass is 10.1. The average Bonchev–Trinajstić information content (AvgIpc) is 3.11. The normalized spacial score (nSPS) is 16.3. The number of benzene rings is 1. The summed E-state index contributed by atoms with van der Waals surface area (Å²) in [5.41, 5.74) is 7.49. The Kier molecular flexibility index (Phi) is 3.28. The fourth-order valence-corrected chi connectivity index (χ4v) is 2.91. The van der Waals surface area contributed by atoms with Gasteiger partial charge in [-0.3, -0.25) is 0 Å². The molecule has 0 spiro atoms. The molecular formula is C11H16N2O2S. The van der Waals surface area contributed by atoms with E-state index < -0.39 is 10.0 Å². The molecule has 0 heterocycles. The van der Waals surface area contributed by atoms with Gasteiger partial charge >= 0.3 is 0 Å². The van der Waals surface area contributed by atoms with Crippen molar-refractivity contribution in [2.75, 3.05) is 0 Å². The first-order chi connectivity index (χ1) is 7.62. The predicted molar refractivity (Wildman–Crippen MR) is 63.1 cm³/mol. The molecule has 2 rings (SSSR count). The molecule has 88 valence electrons. The molecule has 1 aromatic carbocycles. The molecule has 1 saturated carbocycles. The summed E-state index contributed by atoms with van der Waals surface area (Å²) < 4.78 is 25.8. The standard InChI is InChI=1S/C11H16N2O2S/c12-7-9-2-1-3-10(6-9)8-13-16(14,15)11-4-5-11/h1-3,6,11,13H,4-5,7-8,12H2. The monoisotopic (exact) mass is 240 g/mol. The van der Waals surface area contributed by atoms with Gasteiger partial charge in [0.05, 0.1) is 5.25 Å². The smallest absolute Gasteiger partial charge is 0.214 e. The van der Waals surface area contributed by atoms with Crippen LogP contribution in [0.1, 0.15) is 24.0 Å². The second kappa shape index (κ2) is 4.53. The fourth-order valence-electron chi connectivity index (χ4n) is 1.55. The molecule has 0 amide bonds. The molecule has 0 bridgehead atoms. The van der Waals surface area contributed by atoms with E-state index in [1.54, 1.807) is 0 Å². The molecule has 1 aliphatic carbocycles. The van der Waals surface area contributed by atoms with Crippen molar-refractivity contribution in [3.05, 3.63) is 35.4 Å². The average molecular weight is 240 g/mol. The third kappa shape index (κ3) is 2.81. The number of hydrogen-bond donors (Lipinski definition) is 2. The minimum Gasteiger partial charge on any atom is -0.326 e. The van der Waals surface area contributed by atoms with Gasteiger partial charge < -0.3 is 5.73 Å². The Hall–Kier alpha value is -0.910. The zero-order chi connectivity index (χ0) is 11.6. The topological polar surface area (TPSA) is 72.2 Å². The molecule has 0 saturated heterocycles. The zero-order valence-corrected chi connectivity index (χ0v) is 9.83. The summed E-state index contributed by atoms with van der Waals surface area (Å²) in [5.74, 6) is 0. The largest absolute Gasteiger partial charge is 0.326 e. The molecular weight excluding hydrogens is 224 g/mol. The molecule has 1 fully saturated rings. The minimum atomic E-state index is -3.09. The lowest BCUT2D eigenvalue weighted by molar-refractivity contribution is 0.580. The molecule has 16 heavy (non-hydrogen) atoms. The van der Waals surface area contributed by atoms with Gasteiger partial charge in [-0.05, 0) is 24.0 Å². The van der Waals surface area contributed by atoms with Gasteiger partial charge in [0.15, 0.2) is 0 Å². The van der Waals surface area contributed by atoms with Crippen molar-refractivity contribution in [2.45, 2.75) is 31.2 Å². The maximum atomic E-state index is 11.6. The van der Waals surface area contributed by atoms with Crippen LogP contribution in [0.3, 0.4) is 0 Å². The van der Waals surface area contributed by atoms with Crippen LogP contribution < -0.4 is 10.5 Å². The van der Waals surface area contributed by atoms with Gasteiger partial charge in [0.25, 0.3) is 0 Å². The number of rotatable bonds is 5. The molecule has 1 aliphatic rings. The van der Waals surface area contributed by atoms with Crippen LogP contribution in [0, 0.1) is 0 Å². The van der Waals surface area contributed by atoms with E-state index in [-0.39, 0.29) is 5.25 Å². The fraction of sp³-hybridized carbons (Fsp3) is 0.455. The van der Waals surface area contributed by atoms with Crippen molar-refractivity contribution in [1.82, 2.24) is 4.72 Å². The van der Waals surface area contributed by atoms with Gasteiger partial charge in [0.2, 0.25) is 10.0 Å². The maximum Gasteiger partial charge on any atom is 0.214 e. The highest BCUT2D eigenvalue weighted by molar-refractivity contribution is 7.90. The van der Waals surface area contributed by atoms with Gasteiger partial charge in [0.1, 0.15) is 0 Å². The third-order valence-corrected chi connectivity index (χ3v) is 4.56. The number of sulfonamides is 1. The highest BCUT2D eigenvalue weighted by Crippen LogP contribution is 2.27. The van der Waals surface area contributed by atoms with Gasteiger partial charge in [-0.2, -0.15) is 0 Å². The Morgan fingerprint density at radius 1 is 1.31 bits per heavy atom. The summed E-state index contributed by atoms with van der Waals surface area (Å²) in [7, 11) is -3.09. The van der Waals surface area contributed by atoms with Gasteiger partial charge in [-0.25, -0.2) is 13.1 Å². The van der Waals surface area contributed by atoms with Crippen LogP contribution in [0.15, 0.2) is 24.3 Å². The Morgan fingerprint density at radius 3 is 2.62 bits per heavy atom. The SMILES string of the molecule is NCc1cccc(CNS(=O)(=O)C2CC2)c1. The number of hydrogen-bond acceptors (Lipinski definition) is 3. The molecule has 0 unspecified atom stereocenters. The Labute approximate surface area is 95.9 Å². The summed E-state index contributed by atoms with van der Waals surface area (Å²) in [5, 5.41) is -0.162. The van der Waals surface area contributed by atoms with E-state index in [0.717, 1.165) is 24.0 Å². The van der Waals surface area contributed by atoms with Crippen molar-refractivity contribution in [2.24, 2.45) is 5.73 Å². The van der Waals surface area contributed by atoms with E-state index in [1.807, 2.05) is 24.3 Å². The van der Waals surface area contributed by atoms with Crippen molar-refractivity contribution in [1.29, 1.82) is 0 Å². The lowest BCUT2D eigenvalue weighted by Crippen LogP contribution is -2.26. The Bertz CT molecular complexity index is 467. The first-order valence-corrected chi connectivity index (χ1v) is 6.93. The summed E-state index contributed by atoms with van der Waals surface area (Å²) in [4.78, 5) is 0. The molecule has 0 aliphatic heterocycles. The van der Waals surface area contributed by atoms with E-state index >= 15 is 0 Å². The molecule has 0 radical (unpaired) electrons. The molecule has 0 atom stereocenters. The van der Waals surface area contributed by atoms with Crippen LogP contribution in [-0.4, -0.2) is 13.7 Å². The van der Waals surface area contributed by atoms with Gasteiger partial charge in [-0.1, -0.05) is 24.3 Å². The maximum absolute atomic E-state index is 11.6. The van der Waals surface area contributed by atoms with Crippen molar-refractivity contribution >= 4 is 10.0 Å². The number of nitrogens with two attached hydrogens (primary N) is 1. The van der Waals surface area contributed by atoms with Crippen molar-refractivity contribution < 1.29 is 8.42 Å². The van der Waals surface area contributed by atoms with Crippen LogP contribution in [0.4, 0.5) is 0 Å². The van der Waals surface area contributed by atoms with E-state index in [4.69, 9.17) is 5.73 Å².